The molecule has 3 rings (SSSR count). The van der Waals surface area contributed by atoms with Crippen LogP contribution in [0, 0.1) is 0 Å². The van der Waals surface area contributed by atoms with Crippen LogP contribution in [0.3, 0.4) is 0 Å². The number of nitrogens with zero attached hydrogens (tertiary/aromatic N) is 1. The number of fused-ring (bicyclic) bond motifs is 1. The Labute approximate surface area is 95.5 Å². The summed E-state index contributed by atoms with van der Waals surface area (Å²) < 4.78 is 0. The molecule has 1 aliphatic heterocycles. The Balaban J connectivity index is 2.09. The van der Waals surface area contributed by atoms with Gasteiger partial charge in [-0.25, -0.2) is 0 Å². The minimum atomic E-state index is 0.325. The van der Waals surface area contributed by atoms with E-state index in [1.54, 1.807) is 0 Å². The molecule has 0 saturated heterocycles. The Morgan fingerprint density at radius 3 is 2.50 bits per heavy atom. The summed E-state index contributed by atoms with van der Waals surface area (Å²) in [6.45, 7) is 0.819. The molecule has 0 aromatic heterocycles. The molecule has 1 aliphatic rings. The predicted octanol–water partition coefficient (Wildman–Crippen LogP) is 3.40. The lowest BCUT2D eigenvalue weighted by Gasteiger charge is -2.20. The zero-order valence-electron chi connectivity index (χ0n) is 9.01. The van der Waals surface area contributed by atoms with Gasteiger partial charge in [-0.15, -0.1) is 0 Å². The smallest absolute Gasteiger partial charge is 0.0639 e. The minimum Gasteiger partial charge on any atom is -0.292 e. The Hall–Kier alpha value is -1.89. The van der Waals surface area contributed by atoms with E-state index >= 15 is 0 Å². The first-order chi connectivity index (χ1) is 7.95. The summed E-state index contributed by atoms with van der Waals surface area (Å²) in [6, 6.07) is 19.1. The van der Waals surface area contributed by atoms with Gasteiger partial charge in [-0.3, -0.25) is 4.99 Å². The first-order valence-electron chi connectivity index (χ1n) is 5.58. The van der Waals surface area contributed by atoms with Gasteiger partial charge in [0.05, 0.1) is 6.54 Å². The van der Waals surface area contributed by atoms with Crippen molar-refractivity contribution < 1.29 is 0 Å². The first kappa shape index (κ1) is 9.34. The molecular weight excluding hydrogens is 194 g/mol. The van der Waals surface area contributed by atoms with E-state index in [1.165, 1.54) is 16.7 Å². The molecule has 0 radical (unpaired) electrons. The summed E-state index contributed by atoms with van der Waals surface area (Å²) in [5.74, 6) is 0.325. The maximum atomic E-state index is 4.45. The van der Waals surface area contributed by atoms with E-state index in [0.717, 1.165) is 6.54 Å². The maximum Gasteiger partial charge on any atom is 0.0639 e. The maximum absolute atomic E-state index is 4.45. The second kappa shape index (κ2) is 3.93. The Kier molecular flexibility index (Phi) is 2.30. The van der Waals surface area contributed by atoms with E-state index in [1.807, 2.05) is 0 Å². The average Bonchev–Trinajstić information content (AvgIpc) is 2.39. The summed E-state index contributed by atoms with van der Waals surface area (Å²) in [5.41, 5.74) is 4.06. The van der Waals surface area contributed by atoms with Gasteiger partial charge in [-0.1, -0.05) is 54.6 Å². The van der Waals surface area contributed by atoms with Gasteiger partial charge >= 0.3 is 0 Å². The summed E-state index contributed by atoms with van der Waals surface area (Å²) in [5, 5.41) is 0. The number of aliphatic imine (C=N–C) groups is 1. The molecule has 0 aliphatic carbocycles. The molecular formula is C15H13N. The summed E-state index contributed by atoms with van der Waals surface area (Å²) in [4.78, 5) is 4.45. The lowest BCUT2D eigenvalue weighted by molar-refractivity contribution is 0.942. The monoisotopic (exact) mass is 207 g/mol. The van der Waals surface area contributed by atoms with Crippen LogP contribution >= 0.6 is 0 Å². The van der Waals surface area contributed by atoms with Gasteiger partial charge < -0.3 is 0 Å². The third-order valence-electron chi connectivity index (χ3n) is 3.06. The lowest BCUT2D eigenvalue weighted by atomic mass is 9.87. The van der Waals surface area contributed by atoms with Crippen LogP contribution in [-0.4, -0.2) is 6.21 Å². The molecule has 16 heavy (non-hydrogen) atoms. The van der Waals surface area contributed by atoms with Crippen molar-refractivity contribution >= 4 is 6.21 Å². The van der Waals surface area contributed by atoms with Gasteiger partial charge in [-0.2, -0.15) is 0 Å². The van der Waals surface area contributed by atoms with Crippen molar-refractivity contribution in [1.82, 2.24) is 0 Å². The van der Waals surface area contributed by atoms with Gasteiger partial charge in [0.2, 0.25) is 0 Å². The largest absolute Gasteiger partial charge is 0.292 e. The molecule has 0 amide bonds. The Morgan fingerprint density at radius 2 is 1.62 bits per heavy atom. The highest BCUT2D eigenvalue weighted by Gasteiger charge is 2.17. The van der Waals surface area contributed by atoms with Crippen molar-refractivity contribution in [1.29, 1.82) is 0 Å². The predicted molar refractivity (Wildman–Crippen MR) is 66.9 cm³/mol. The summed E-state index contributed by atoms with van der Waals surface area (Å²) in [7, 11) is 0. The second-order valence-corrected chi connectivity index (χ2v) is 4.08. The minimum absolute atomic E-state index is 0.325. The second-order valence-electron chi connectivity index (χ2n) is 4.08. The van der Waals surface area contributed by atoms with Crippen molar-refractivity contribution in [3.8, 4) is 0 Å². The normalized spacial score (nSPS) is 18.1. The fraction of sp³-hybridized carbons (Fsp3) is 0.133. The van der Waals surface area contributed by atoms with Gasteiger partial charge in [-0.05, 0) is 16.7 Å². The van der Waals surface area contributed by atoms with Gasteiger partial charge in [0.1, 0.15) is 0 Å². The van der Waals surface area contributed by atoms with Crippen LogP contribution in [0.4, 0.5) is 0 Å². The molecule has 0 N–H and O–H groups in total. The first-order valence-corrected chi connectivity index (χ1v) is 5.58. The molecule has 1 unspecified atom stereocenters. The van der Waals surface area contributed by atoms with E-state index in [2.05, 4.69) is 65.8 Å². The van der Waals surface area contributed by atoms with E-state index in [4.69, 9.17) is 0 Å². The quantitative estimate of drug-likeness (QED) is 0.679. The summed E-state index contributed by atoms with van der Waals surface area (Å²) in [6.07, 6.45) is 2.07. The van der Waals surface area contributed by atoms with Crippen LogP contribution in [0.1, 0.15) is 22.6 Å². The molecule has 0 saturated carbocycles. The zero-order valence-corrected chi connectivity index (χ0v) is 9.01. The molecule has 1 heteroatoms. The van der Waals surface area contributed by atoms with Crippen LogP contribution in [-0.2, 0) is 6.54 Å². The fourth-order valence-electron chi connectivity index (χ4n) is 2.24. The number of hydrogen-bond acceptors (Lipinski definition) is 1. The van der Waals surface area contributed by atoms with Crippen molar-refractivity contribution in [2.45, 2.75) is 12.5 Å². The molecule has 2 aromatic rings. The van der Waals surface area contributed by atoms with E-state index in [0.29, 0.717) is 5.92 Å². The van der Waals surface area contributed by atoms with Crippen LogP contribution in [0.2, 0.25) is 0 Å². The van der Waals surface area contributed by atoms with Gasteiger partial charge in [0.25, 0.3) is 0 Å². The van der Waals surface area contributed by atoms with Crippen molar-refractivity contribution in [3.05, 3.63) is 71.3 Å². The fourth-order valence-corrected chi connectivity index (χ4v) is 2.24. The third-order valence-corrected chi connectivity index (χ3v) is 3.06. The van der Waals surface area contributed by atoms with Crippen LogP contribution in [0.25, 0.3) is 0 Å². The van der Waals surface area contributed by atoms with Crippen LogP contribution in [0.5, 0.6) is 0 Å². The van der Waals surface area contributed by atoms with Crippen LogP contribution in [0.15, 0.2) is 59.6 Å². The van der Waals surface area contributed by atoms with Gasteiger partial charge in [0.15, 0.2) is 0 Å². The average molecular weight is 207 g/mol. The third kappa shape index (κ3) is 1.54. The van der Waals surface area contributed by atoms with Crippen molar-refractivity contribution in [2.24, 2.45) is 4.99 Å². The van der Waals surface area contributed by atoms with Gasteiger partial charge in [0, 0.05) is 12.1 Å². The molecule has 0 bridgehead atoms. The van der Waals surface area contributed by atoms with Crippen molar-refractivity contribution in [3.63, 3.8) is 0 Å². The molecule has 0 fully saturated rings. The molecule has 78 valence electrons. The molecule has 2 aromatic carbocycles. The zero-order chi connectivity index (χ0) is 10.8. The molecule has 1 atom stereocenters. The Bertz CT molecular complexity index is 514. The topological polar surface area (TPSA) is 12.4 Å². The van der Waals surface area contributed by atoms with E-state index in [9.17, 15) is 0 Å². The standard InChI is InChI=1S/C15H13N/c1-2-6-12(7-3-1)15-11-16-10-13-8-4-5-9-14(13)15/h1-9,11,15H,10H2. The van der Waals surface area contributed by atoms with E-state index < -0.39 is 0 Å². The number of benzene rings is 2. The highest BCUT2D eigenvalue weighted by atomic mass is 14.7. The number of hydrogen-bond donors (Lipinski definition) is 0. The van der Waals surface area contributed by atoms with Crippen LogP contribution < -0.4 is 0 Å². The van der Waals surface area contributed by atoms with Crippen molar-refractivity contribution in [2.75, 3.05) is 0 Å². The lowest BCUT2D eigenvalue weighted by Crippen LogP contribution is -2.10. The molecule has 0 spiro atoms. The van der Waals surface area contributed by atoms with E-state index in [-0.39, 0.29) is 0 Å². The Morgan fingerprint density at radius 1 is 0.875 bits per heavy atom. The molecule has 1 nitrogen and oxygen atoms in total. The number of rotatable bonds is 1. The SMILES string of the molecule is C1=NCc2ccccc2C1c1ccccc1. The summed E-state index contributed by atoms with van der Waals surface area (Å²) >= 11 is 0. The highest BCUT2D eigenvalue weighted by molar-refractivity contribution is 5.75. The molecule has 1 heterocycles. The highest BCUT2D eigenvalue weighted by Crippen LogP contribution is 2.29.